The van der Waals surface area contributed by atoms with E-state index in [2.05, 4.69) is 0 Å². The molecular formula is C29H38O5. The number of aryl methyl sites for hydroxylation is 2. The number of aliphatic carboxylic acids is 2. The van der Waals surface area contributed by atoms with E-state index in [0.717, 1.165) is 22.3 Å². The number of hydrogen-bond donors (Lipinski definition) is 2. The van der Waals surface area contributed by atoms with Crippen LogP contribution in [0.2, 0.25) is 0 Å². The van der Waals surface area contributed by atoms with Gasteiger partial charge in [0.15, 0.2) is 0 Å². The van der Waals surface area contributed by atoms with Crippen LogP contribution < -0.4 is 0 Å². The second-order valence-corrected chi connectivity index (χ2v) is 9.86. The zero-order valence-electron chi connectivity index (χ0n) is 20.9. The highest BCUT2D eigenvalue weighted by Gasteiger charge is 2.36. The number of carbonyl (C=O) groups excluding carboxylic acids is 1. The lowest BCUT2D eigenvalue weighted by molar-refractivity contribution is -0.144. The van der Waals surface area contributed by atoms with Gasteiger partial charge in [-0.05, 0) is 75.6 Å². The average molecular weight is 467 g/mol. The van der Waals surface area contributed by atoms with Gasteiger partial charge in [-0.1, -0.05) is 61.4 Å². The Morgan fingerprint density at radius 2 is 1.00 bits per heavy atom. The molecule has 0 aliphatic carbocycles. The highest BCUT2D eigenvalue weighted by molar-refractivity contribution is 5.82. The van der Waals surface area contributed by atoms with E-state index in [0.29, 0.717) is 51.4 Å². The molecule has 5 nitrogen and oxygen atoms in total. The second kappa shape index (κ2) is 12.0. The molecule has 2 aromatic rings. The first-order chi connectivity index (χ1) is 16.0. The quantitative estimate of drug-likeness (QED) is 0.315. The summed E-state index contributed by atoms with van der Waals surface area (Å²) in [6.45, 7) is 7.36. The molecule has 0 saturated heterocycles. The lowest BCUT2D eigenvalue weighted by atomic mass is 9.76. The Balaban J connectivity index is 1.80. The van der Waals surface area contributed by atoms with E-state index in [1.54, 1.807) is 13.8 Å². The fourth-order valence-corrected chi connectivity index (χ4v) is 4.82. The van der Waals surface area contributed by atoms with Crippen molar-refractivity contribution < 1.29 is 24.6 Å². The van der Waals surface area contributed by atoms with Gasteiger partial charge in [-0.25, -0.2) is 0 Å². The summed E-state index contributed by atoms with van der Waals surface area (Å²) in [5.74, 6) is -1.53. The Morgan fingerprint density at radius 1 is 0.647 bits per heavy atom. The normalized spacial score (nSPS) is 14.7. The number of Topliss-reactive ketones (excluding diaryl/α,β-unsaturated/α-hetero) is 1. The molecule has 0 heterocycles. The van der Waals surface area contributed by atoms with Crippen molar-refractivity contribution in [2.75, 3.05) is 0 Å². The molecule has 0 spiro atoms. The van der Waals surface area contributed by atoms with Gasteiger partial charge in [-0.3, -0.25) is 14.4 Å². The van der Waals surface area contributed by atoms with Crippen LogP contribution in [0, 0.1) is 13.8 Å². The van der Waals surface area contributed by atoms with Crippen LogP contribution in [0.3, 0.4) is 0 Å². The van der Waals surface area contributed by atoms with Crippen molar-refractivity contribution in [3.05, 3.63) is 70.8 Å². The number of carboxylic acid groups (broad SMARTS) is 2. The maximum Gasteiger partial charge on any atom is 0.313 e. The van der Waals surface area contributed by atoms with Gasteiger partial charge in [-0.15, -0.1) is 0 Å². The summed E-state index contributed by atoms with van der Waals surface area (Å²) in [6.07, 6.45) is 4.45. The highest BCUT2D eigenvalue weighted by Crippen LogP contribution is 2.34. The maximum absolute atomic E-state index is 12.4. The van der Waals surface area contributed by atoms with Crippen molar-refractivity contribution in [2.24, 2.45) is 0 Å². The van der Waals surface area contributed by atoms with E-state index in [9.17, 15) is 24.6 Å². The standard InChI is InChI=1S/C29H38O5/c1-21-13-5-7-17-24(21)28(3,26(31)32)19-11-9-15-23(30)16-10-12-20-29(4,27(33)34)25-18-8-6-14-22(25)2/h5-8,13-14,17-18H,9-12,15-16,19-20H2,1-4H3,(H,31,32)(H,33,34). The molecule has 2 N–H and O–H groups in total. The van der Waals surface area contributed by atoms with Crippen molar-refractivity contribution in [1.82, 2.24) is 0 Å². The summed E-state index contributed by atoms with van der Waals surface area (Å²) >= 11 is 0. The first-order valence-corrected chi connectivity index (χ1v) is 12.1. The smallest absolute Gasteiger partial charge is 0.313 e. The molecule has 184 valence electrons. The Morgan fingerprint density at radius 3 is 1.32 bits per heavy atom. The van der Waals surface area contributed by atoms with Crippen LogP contribution in [0.15, 0.2) is 48.5 Å². The summed E-state index contributed by atoms with van der Waals surface area (Å²) in [6, 6.07) is 15.1. The van der Waals surface area contributed by atoms with Gasteiger partial charge < -0.3 is 10.2 Å². The number of unbranched alkanes of at least 4 members (excludes halogenated alkanes) is 2. The molecule has 2 rings (SSSR count). The van der Waals surface area contributed by atoms with Crippen molar-refractivity contribution >= 4 is 17.7 Å². The Labute approximate surface area is 203 Å². The van der Waals surface area contributed by atoms with Crippen LogP contribution >= 0.6 is 0 Å². The number of carbonyl (C=O) groups is 3. The zero-order valence-corrected chi connectivity index (χ0v) is 20.9. The molecule has 34 heavy (non-hydrogen) atoms. The fourth-order valence-electron chi connectivity index (χ4n) is 4.82. The van der Waals surface area contributed by atoms with Gasteiger partial charge in [0.1, 0.15) is 5.78 Å². The van der Waals surface area contributed by atoms with Gasteiger partial charge in [-0.2, -0.15) is 0 Å². The molecule has 0 radical (unpaired) electrons. The topological polar surface area (TPSA) is 91.7 Å². The summed E-state index contributed by atoms with van der Waals surface area (Å²) in [5.41, 5.74) is 1.63. The summed E-state index contributed by atoms with van der Waals surface area (Å²) in [5, 5.41) is 19.7. The van der Waals surface area contributed by atoms with Crippen LogP contribution in [-0.2, 0) is 25.2 Å². The molecular weight excluding hydrogens is 428 g/mol. The van der Waals surface area contributed by atoms with Gasteiger partial charge >= 0.3 is 11.9 Å². The third-order valence-electron chi connectivity index (χ3n) is 7.19. The lowest BCUT2D eigenvalue weighted by Gasteiger charge is -2.27. The zero-order chi connectivity index (χ0) is 25.4. The van der Waals surface area contributed by atoms with Crippen LogP contribution in [0.1, 0.15) is 87.5 Å². The number of carboxylic acids is 2. The van der Waals surface area contributed by atoms with Crippen LogP contribution in [0.5, 0.6) is 0 Å². The lowest BCUT2D eigenvalue weighted by Crippen LogP contribution is -2.33. The van der Waals surface area contributed by atoms with E-state index in [1.165, 1.54) is 0 Å². The Kier molecular flexibility index (Phi) is 9.60. The SMILES string of the molecule is Cc1ccccc1C(C)(CCCCC(=O)CCCCC(C)(C(=O)O)c1ccccc1C)C(=O)O. The summed E-state index contributed by atoms with van der Waals surface area (Å²) < 4.78 is 0. The second-order valence-electron chi connectivity index (χ2n) is 9.86. The maximum atomic E-state index is 12.4. The van der Waals surface area contributed by atoms with Crippen molar-refractivity contribution in [2.45, 2.75) is 89.9 Å². The van der Waals surface area contributed by atoms with Gasteiger partial charge in [0, 0.05) is 12.8 Å². The highest BCUT2D eigenvalue weighted by atomic mass is 16.4. The van der Waals surface area contributed by atoms with E-state index in [4.69, 9.17) is 0 Å². The van der Waals surface area contributed by atoms with E-state index < -0.39 is 22.8 Å². The molecule has 2 aromatic carbocycles. The number of rotatable bonds is 14. The van der Waals surface area contributed by atoms with Crippen LogP contribution in [-0.4, -0.2) is 27.9 Å². The minimum atomic E-state index is -0.967. The number of ketones is 1. The van der Waals surface area contributed by atoms with Crippen molar-refractivity contribution in [3.8, 4) is 0 Å². The number of hydrogen-bond acceptors (Lipinski definition) is 3. The minimum Gasteiger partial charge on any atom is -0.481 e. The molecule has 2 unspecified atom stereocenters. The molecule has 0 saturated carbocycles. The molecule has 0 amide bonds. The van der Waals surface area contributed by atoms with E-state index in [-0.39, 0.29) is 5.78 Å². The van der Waals surface area contributed by atoms with E-state index >= 15 is 0 Å². The van der Waals surface area contributed by atoms with Gasteiger partial charge in [0.2, 0.25) is 0 Å². The molecule has 2 atom stereocenters. The first kappa shape index (κ1) is 27.3. The third-order valence-corrected chi connectivity index (χ3v) is 7.19. The predicted molar refractivity (Wildman–Crippen MR) is 134 cm³/mol. The van der Waals surface area contributed by atoms with Crippen LogP contribution in [0.4, 0.5) is 0 Å². The first-order valence-electron chi connectivity index (χ1n) is 12.1. The molecule has 0 aliphatic heterocycles. The molecule has 5 heteroatoms. The van der Waals surface area contributed by atoms with Crippen LogP contribution in [0.25, 0.3) is 0 Å². The van der Waals surface area contributed by atoms with Gasteiger partial charge in [0.25, 0.3) is 0 Å². The molecule has 0 bridgehead atoms. The third kappa shape index (κ3) is 6.55. The van der Waals surface area contributed by atoms with Crippen molar-refractivity contribution in [1.29, 1.82) is 0 Å². The molecule has 0 aromatic heterocycles. The van der Waals surface area contributed by atoms with Gasteiger partial charge in [0.05, 0.1) is 10.8 Å². The summed E-state index contributed by atoms with van der Waals surface area (Å²) in [7, 11) is 0. The van der Waals surface area contributed by atoms with E-state index in [1.807, 2.05) is 62.4 Å². The molecule has 0 aliphatic rings. The average Bonchev–Trinajstić information content (AvgIpc) is 2.79. The van der Waals surface area contributed by atoms with Crippen molar-refractivity contribution in [3.63, 3.8) is 0 Å². The Bertz CT molecular complexity index is 932. The number of benzene rings is 2. The largest absolute Gasteiger partial charge is 0.481 e. The minimum absolute atomic E-state index is 0.154. The molecule has 0 fully saturated rings. The summed E-state index contributed by atoms with van der Waals surface area (Å²) in [4.78, 5) is 36.4. The monoisotopic (exact) mass is 466 g/mol. The fraction of sp³-hybridized carbons (Fsp3) is 0.483. The Hall–Kier alpha value is -2.95. The predicted octanol–water partition coefficient (Wildman–Crippen LogP) is 6.38.